The fourth-order valence-electron chi connectivity index (χ4n) is 2.46. The summed E-state index contributed by atoms with van der Waals surface area (Å²) in [5.74, 6) is 0.479. The molecule has 0 radical (unpaired) electrons. The standard InChI is InChI=1S/C17H16Cl2N2O3/c18-14-4-3-12(8-15(14)19)16-10-21(6-7-23-16)17(22)11-24-13-2-1-5-20-9-13/h1-5,8-9,16H,6-7,10-11H2. The monoisotopic (exact) mass is 366 g/mol. The molecule has 2 aromatic rings. The third-order valence-electron chi connectivity index (χ3n) is 3.73. The molecule has 1 atom stereocenters. The molecule has 0 bridgehead atoms. The van der Waals surface area contributed by atoms with E-state index in [0.717, 1.165) is 5.56 Å². The highest BCUT2D eigenvalue weighted by Crippen LogP contribution is 2.29. The third kappa shape index (κ3) is 4.17. The van der Waals surface area contributed by atoms with E-state index in [1.54, 1.807) is 41.6 Å². The Labute approximate surface area is 150 Å². The van der Waals surface area contributed by atoms with E-state index in [1.807, 2.05) is 6.07 Å². The molecule has 0 N–H and O–H groups in total. The highest BCUT2D eigenvalue weighted by Gasteiger charge is 2.26. The zero-order chi connectivity index (χ0) is 16.9. The number of carbonyl (C=O) groups excluding carboxylic acids is 1. The van der Waals surface area contributed by atoms with Crippen molar-refractivity contribution in [1.82, 2.24) is 9.88 Å². The molecule has 7 heteroatoms. The van der Waals surface area contributed by atoms with Gasteiger partial charge < -0.3 is 14.4 Å². The molecular formula is C17H16Cl2N2O3. The summed E-state index contributed by atoms with van der Waals surface area (Å²) in [6, 6.07) is 8.88. The number of benzene rings is 1. The van der Waals surface area contributed by atoms with Gasteiger partial charge in [-0.3, -0.25) is 9.78 Å². The number of hydrogen-bond donors (Lipinski definition) is 0. The lowest BCUT2D eigenvalue weighted by atomic mass is 10.1. The third-order valence-corrected chi connectivity index (χ3v) is 4.47. The largest absolute Gasteiger partial charge is 0.482 e. The van der Waals surface area contributed by atoms with Gasteiger partial charge in [0, 0.05) is 12.7 Å². The number of nitrogens with zero attached hydrogens (tertiary/aromatic N) is 2. The molecule has 1 aromatic carbocycles. The van der Waals surface area contributed by atoms with Crippen molar-refractivity contribution < 1.29 is 14.3 Å². The highest BCUT2D eigenvalue weighted by molar-refractivity contribution is 6.42. The van der Waals surface area contributed by atoms with Crippen LogP contribution >= 0.6 is 23.2 Å². The zero-order valence-electron chi connectivity index (χ0n) is 12.8. The summed E-state index contributed by atoms with van der Waals surface area (Å²) in [6.07, 6.45) is 3.00. The molecule has 126 valence electrons. The molecular weight excluding hydrogens is 351 g/mol. The van der Waals surface area contributed by atoms with Crippen LogP contribution in [0.1, 0.15) is 11.7 Å². The molecule has 1 aromatic heterocycles. The summed E-state index contributed by atoms with van der Waals surface area (Å²) < 4.78 is 11.2. The maximum absolute atomic E-state index is 12.3. The van der Waals surface area contributed by atoms with Crippen LogP contribution in [0.4, 0.5) is 0 Å². The van der Waals surface area contributed by atoms with E-state index >= 15 is 0 Å². The van der Waals surface area contributed by atoms with Crippen LogP contribution in [0, 0.1) is 0 Å². The van der Waals surface area contributed by atoms with Gasteiger partial charge in [0.05, 0.1) is 29.4 Å². The van der Waals surface area contributed by atoms with Gasteiger partial charge in [-0.25, -0.2) is 0 Å². The normalized spacial score (nSPS) is 17.6. The zero-order valence-corrected chi connectivity index (χ0v) is 14.3. The number of hydrogen-bond acceptors (Lipinski definition) is 4. The Morgan fingerprint density at radius 2 is 2.21 bits per heavy atom. The Kier molecular flexibility index (Phi) is 5.56. The van der Waals surface area contributed by atoms with Crippen LogP contribution in [0.25, 0.3) is 0 Å². The molecule has 1 aliphatic rings. The Morgan fingerprint density at radius 1 is 1.33 bits per heavy atom. The van der Waals surface area contributed by atoms with E-state index in [2.05, 4.69) is 4.98 Å². The first-order chi connectivity index (χ1) is 11.6. The second-order valence-corrected chi connectivity index (χ2v) is 6.16. The van der Waals surface area contributed by atoms with Crippen molar-refractivity contribution in [3.63, 3.8) is 0 Å². The average molecular weight is 367 g/mol. The minimum atomic E-state index is -0.226. The first-order valence-electron chi connectivity index (χ1n) is 7.50. The van der Waals surface area contributed by atoms with Crippen molar-refractivity contribution in [2.24, 2.45) is 0 Å². The SMILES string of the molecule is O=C(COc1cccnc1)N1CCOC(c2ccc(Cl)c(Cl)c2)C1. The Morgan fingerprint density at radius 3 is 2.96 bits per heavy atom. The first kappa shape index (κ1) is 17.0. The van der Waals surface area contributed by atoms with Gasteiger partial charge in [-0.15, -0.1) is 0 Å². The van der Waals surface area contributed by atoms with Gasteiger partial charge in [-0.05, 0) is 29.8 Å². The van der Waals surface area contributed by atoms with Crippen LogP contribution in [0.15, 0.2) is 42.7 Å². The first-order valence-corrected chi connectivity index (χ1v) is 8.26. The summed E-state index contributed by atoms with van der Waals surface area (Å²) in [5.41, 5.74) is 0.898. The number of morpholine rings is 1. The van der Waals surface area contributed by atoms with E-state index in [0.29, 0.717) is 35.5 Å². The van der Waals surface area contributed by atoms with Gasteiger partial charge in [0.15, 0.2) is 6.61 Å². The van der Waals surface area contributed by atoms with Crippen molar-refractivity contribution in [3.8, 4) is 5.75 Å². The van der Waals surface area contributed by atoms with E-state index in [-0.39, 0.29) is 18.6 Å². The molecule has 1 saturated heterocycles. The number of rotatable bonds is 4. The van der Waals surface area contributed by atoms with Crippen LogP contribution in [-0.2, 0) is 9.53 Å². The second kappa shape index (κ2) is 7.83. The lowest BCUT2D eigenvalue weighted by molar-refractivity contribution is -0.141. The van der Waals surface area contributed by atoms with Crippen LogP contribution in [0.2, 0.25) is 10.0 Å². The number of pyridine rings is 1. The molecule has 0 saturated carbocycles. The van der Waals surface area contributed by atoms with Gasteiger partial charge in [-0.2, -0.15) is 0 Å². The molecule has 1 amide bonds. The smallest absolute Gasteiger partial charge is 0.260 e. The number of amides is 1. The van der Waals surface area contributed by atoms with E-state index in [1.165, 1.54) is 0 Å². The topological polar surface area (TPSA) is 51.7 Å². The van der Waals surface area contributed by atoms with Gasteiger partial charge in [0.1, 0.15) is 11.9 Å². The predicted molar refractivity (Wildman–Crippen MR) is 91.5 cm³/mol. The maximum Gasteiger partial charge on any atom is 0.260 e. The van der Waals surface area contributed by atoms with Crippen molar-refractivity contribution in [3.05, 3.63) is 58.3 Å². The van der Waals surface area contributed by atoms with Crippen molar-refractivity contribution >= 4 is 29.1 Å². The predicted octanol–water partition coefficient (Wildman–Crippen LogP) is 3.37. The molecule has 0 spiro atoms. The molecule has 1 aliphatic heterocycles. The van der Waals surface area contributed by atoms with Gasteiger partial charge in [0.2, 0.25) is 0 Å². The van der Waals surface area contributed by atoms with Gasteiger partial charge in [0.25, 0.3) is 5.91 Å². The molecule has 5 nitrogen and oxygen atoms in total. The molecule has 3 rings (SSSR count). The van der Waals surface area contributed by atoms with Gasteiger partial charge >= 0.3 is 0 Å². The maximum atomic E-state index is 12.3. The average Bonchev–Trinajstić information content (AvgIpc) is 2.63. The lowest BCUT2D eigenvalue weighted by Crippen LogP contribution is -2.44. The van der Waals surface area contributed by atoms with Crippen LogP contribution in [-0.4, -0.2) is 42.1 Å². The van der Waals surface area contributed by atoms with Crippen molar-refractivity contribution in [2.45, 2.75) is 6.10 Å². The number of aromatic nitrogens is 1. The summed E-state index contributed by atoms with van der Waals surface area (Å²) in [6.45, 7) is 1.42. The summed E-state index contributed by atoms with van der Waals surface area (Å²) >= 11 is 12.0. The van der Waals surface area contributed by atoms with Crippen LogP contribution < -0.4 is 4.74 Å². The molecule has 1 fully saturated rings. The fraction of sp³-hybridized carbons (Fsp3) is 0.294. The number of carbonyl (C=O) groups is 1. The molecule has 2 heterocycles. The van der Waals surface area contributed by atoms with E-state index < -0.39 is 0 Å². The molecule has 24 heavy (non-hydrogen) atoms. The van der Waals surface area contributed by atoms with Crippen molar-refractivity contribution in [1.29, 1.82) is 0 Å². The summed E-state index contributed by atoms with van der Waals surface area (Å²) in [4.78, 5) is 18.0. The Balaban J connectivity index is 1.60. The van der Waals surface area contributed by atoms with Crippen molar-refractivity contribution in [2.75, 3.05) is 26.3 Å². The van der Waals surface area contributed by atoms with Gasteiger partial charge in [-0.1, -0.05) is 29.3 Å². The lowest BCUT2D eigenvalue weighted by Gasteiger charge is -2.33. The minimum Gasteiger partial charge on any atom is -0.482 e. The quantitative estimate of drug-likeness (QED) is 0.832. The van der Waals surface area contributed by atoms with E-state index in [9.17, 15) is 4.79 Å². The Hall–Kier alpha value is -1.82. The molecule has 1 unspecified atom stereocenters. The summed E-state index contributed by atoms with van der Waals surface area (Å²) in [7, 11) is 0. The fourth-order valence-corrected chi connectivity index (χ4v) is 2.77. The number of ether oxygens (including phenoxy) is 2. The van der Waals surface area contributed by atoms with Crippen LogP contribution in [0.3, 0.4) is 0 Å². The molecule has 0 aliphatic carbocycles. The summed E-state index contributed by atoms with van der Waals surface area (Å²) in [5, 5.41) is 0.968. The Bertz CT molecular complexity index is 712. The second-order valence-electron chi connectivity index (χ2n) is 5.35. The highest BCUT2D eigenvalue weighted by atomic mass is 35.5. The van der Waals surface area contributed by atoms with Crippen LogP contribution in [0.5, 0.6) is 5.75 Å². The minimum absolute atomic E-state index is 0.0280. The number of halogens is 2. The van der Waals surface area contributed by atoms with E-state index in [4.69, 9.17) is 32.7 Å².